The van der Waals surface area contributed by atoms with E-state index in [1.807, 2.05) is 52.0 Å². The zero-order valence-electron chi connectivity index (χ0n) is 17.7. The Kier molecular flexibility index (Phi) is 6.84. The fourth-order valence-corrected chi connectivity index (χ4v) is 3.66. The van der Waals surface area contributed by atoms with Crippen LogP contribution in [-0.2, 0) is 4.74 Å². The van der Waals surface area contributed by atoms with Crippen molar-refractivity contribution < 1.29 is 14.3 Å². The smallest absolute Gasteiger partial charge is 0.407 e. The van der Waals surface area contributed by atoms with Crippen molar-refractivity contribution in [1.29, 1.82) is 0 Å². The summed E-state index contributed by atoms with van der Waals surface area (Å²) < 4.78 is 6.42. The first kappa shape index (κ1) is 22.3. The number of benzene rings is 1. The number of anilines is 2. The summed E-state index contributed by atoms with van der Waals surface area (Å²) >= 11 is 2.25. The number of rotatable bonds is 4. The van der Waals surface area contributed by atoms with E-state index < -0.39 is 11.7 Å². The number of nitrogens with zero attached hydrogens (tertiary/aromatic N) is 2. The standard InChI is InChI=1S/C22H27IN4O3/c1-14-5-7-16(11-18(14)23)25-20(28)15-6-8-19(24-12-15)27-10-9-17(13-27)26-21(29)30-22(2,3)4/h5-8,11-12,17H,9-10,13H2,1-4H3,(H,25,28)(H,26,29)/t17-/m1/s1. The number of nitrogens with one attached hydrogen (secondary N) is 2. The molecule has 7 nitrogen and oxygen atoms in total. The molecule has 0 bridgehead atoms. The van der Waals surface area contributed by atoms with E-state index in [1.165, 1.54) is 5.56 Å². The van der Waals surface area contributed by atoms with Crippen LogP contribution in [0.1, 0.15) is 43.1 Å². The monoisotopic (exact) mass is 522 g/mol. The highest BCUT2D eigenvalue weighted by atomic mass is 127. The summed E-state index contributed by atoms with van der Waals surface area (Å²) in [5.41, 5.74) is 1.91. The molecule has 0 unspecified atom stereocenters. The molecule has 2 amide bonds. The Labute approximate surface area is 190 Å². The highest BCUT2D eigenvalue weighted by Gasteiger charge is 2.27. The maximum Gasteiger partial charge on any atom is 0.407 e. The van der Waals surface area contributed by atoms with Gasteiger partial charge in [-0.2, -0.15) is 0 Å². The third-order valence-electron chi connectivity index (χ3n) is 4.67. The topological polar surface area (TPSA) is 83.6 Å². The second kappa shape index (κ2) is 9.20. The third kappa shape index (κ3) is 6.07. The molecule has 1 fully saturated rings. The maximum absolute atomic E-state index is 12.5. The molecule has 1 atom stereocenters. The second-order valence-corrected chi connectivity index (χ2v) is 9.56. The number of halogens is 1. The number of aryl methyl sites for hydroxylation is 1. The summed E-state index contributed by atoms with van der Waals surface area (Å²) in [5.74, 6) is 0.588. The van der Waals surface area contributed by atoms with Crippen LogP contribution in [0.15, 0.2) is 36.5 Å². The van der Waals surface area contributed by atoms with Crippen molar-refractivity contribution in [2.45, 2.75) is 45.8 Å². The average molecular weight is 522 g/mol. The third-order valence-corrected chi connectivity index (χ3v) is 5.84. The largest absolute Gasteiger partial charge is 0.444 e. The summed E-state index contributed by atoms with van der Waals surface area (Å²) in [6.45, 7) is 8.99. The first-order valence-corrected chi connectivity index (χ1v) is 11.0. The van der Waals surface area contributed by atoms with Gasteiger partial charge in [-0.1, -0.05) is 6.07 Å². The molecule has 1 saturated heterocycles. The lowest BCUT2D eigenvalue weighted by Crippen LogP contribution is -2.40. The molecule has 2 N–H and O–H groups in total. The number of carbonyl (C=O) groups is 2. The van der Waals surface area contributed by atoms with Crippen LogP contribution >= 0.6 is 22.6 Å². The first-order valence-electron chi connectivity index (χ1n) is 9.89. The first-order chi connectivity index (χ1) is 14.1. The van der Waals surface area contributed by atoms with Crippen LogP contribution in [0.5, 0.6) is 0 Å². The molecule has 1 aliphatic heterocycles. The average Bonchev–Trinajstić information content (AvgIpc) is 3.11. The van der Waals surface area contributed by atoms with Gasteiger partial charge in [0, 0.05) is 28.5 Å². The molecule has 160 valence electrons. The van der Waals surface area contributed by atoms with Crippen LogP contribution in [0.2, 0.25) is 0 Å². The zero-order chi connectivity index (χ0) is 21.9. The molecule has 0 aliphatic carbocycles. The molecule has 3 rings (SSSR count). The number of ether oxygens (including phenoxy) is 1. The molecule has 8 heteroatoms. The Hall–Kier alpha value is -2.36. The Bertz CT molecular complexity index is 925. The minimum atomic E-state index is -0.517. The normalized spacial score (nSPS) is 16.3. The van der Waals surface area contributed by atoms with Gasteiger partial charge in [-0.05, 0) is 86.5 Å². The molecular weight excluding hydrogens is 495 g/mol. The summed E-state index contributed by atoms with van der Waals surface area (Å²) in [5, 5.41) is 5.81. The predicted octanol–water partition coefficient (Wildman–Crippen LogP) is 4.35. The highest BCUT2D eigenvalue weighted by molar-refractivity contribution is 14.1. The summed E-state index contributed by atoms with van der Waals surface area (Å²) in [6, 6.07) is 9.42. The van der Waals surface area contributed by atoms with Crippen LogP contribution < -0.4 is 15.5 Å². The van der Waals surface area contributed by atoms with Gasteiger partial charge in [-0.15, -0.1) is 0 Å². The van der Waals surface area contributed by atoms with Crippen LogP contribution in [0.3, 0.4) is 0 Å². The Morgan fingerprint density at radius 1 is 1.23 bits per heavy atom. The number of carbonyl (C=O) groups excluding carboxylic acids is 2. The number of hydrogen-bond donors (Lipinski definition) is 2. The summed E-state index contributed by atoms with van der Waals surface area (Å²) in [4.78, 5) is 31.0. The molecule has 0 radical (unpaired) electrons. The van der Waals surface area contributed by atoms with Gasteiger partial charge in [0.25, 0.3) is 5.91 Å². The summed E-state index contributed by atoms with van der Waals surface area (Å²) in [7, 11) is 0. The van der Waals surface area contributed by atoms with E-state index in [2.05, 4.69) is 43.1 Å². The number of alkyl carbamates (subject to hydrolysis) is 1. The fraction of sp³-hybridized carbons (Fsp3) is 0.409. The number of pyridine rings is 1. The van der Waals surface area contributed by atoms with Crippen molar-refractivity contribution in [2.24, 2.45) is 0 Å². The molecule has 0 saturated carbocycles. The van der Waals surface area contributed by atoms with E-state index in [4.69, 9.17) is 4.74 Å². The van der Waals surface area contributed by atoms with Gasteiger partial charge in [-0.25, -0.2) is 9.78 Å². The fourth-order valence-electron chi connectivity index (χ4n) is 3.14. The lowest BCUT2D eigenvalue weighted by molar-refractivity contribution is 0.0509. The molecule has 1 aromatic carbocycles. The molecular formula is C22H27IN4O3. The van der Waals surface area contributed by atoms with Gasteiger partial charge < -0.3 is 20.3 Å². The molecule has 1 aromatic heterocycles. The van der Waals surface area contributed by atoms with Crippen molar-refractivity contribution in [3.05, 3.63) is 51.2 Å². The Morgan fingerprint density at radius 3 is 2.63 bits per heavy atom. The van der Waals surface area contributed by atoms with Crippen molar-refractivity contribution in [3.63, 3.8) is 0 Å². The van der Waals surface area contributed by atoms with Crippen LogP contribution in [0, 0.1) is 10.5 Å². The number of aromatic nitrogens is 1. The lowest BCUT2D eigenvalue weighted by atomic mass is 10.2. The minimum absolute atomic E-state index is 0.00800. The Morgan fingerprint density at radius 2 is 2.00 bits per heavy atom. The van der Waals surface area contributed by atoms with Crippen LogP contribution in [0.25, 0.3) is 0 Å². The second-order valence-electron chi connectivity index (χ2n) is 8.40. The number of amides is 2. The SMILES string of the molecule is Cc1ccc(NC(=O)c2ccc(N3CC[C@@H](NC(=O)OC(C)(C)C)C3)nc2)cc1I. The molecule has 2 aromatic rings. The van der Waals surface area contributed by atoms with Gasteiger partial charge in [0.2, 0.25) is 0 Å². The van der Waals surface area contributed by atoms with E-state index in [-0.39, 0.29) is 11.9 Å². The van der Waals surface area contributed by atoms with Gasteiger partial charge >= 0.3 is 6.09 Å². The minimum Gasteiger partial charge on any atom is -0.444 e. The Balaban J connectivity index is 1.56. The van der Waals surface area contributed by atoms with Crippen molar-refractivity contribution in [1.82, 2.24) is 10.3 Å². The lowest BCUT2D eigenvalue weighted by Gasteiger charge is -2.22. The molecule has 0 spiro atoms. The maximum atomic E-state index is 12.5. The van der Waals surface area contributed by atoms with E-state index in [0.717, 1.165) is 28.0 Å². The molecule has 2 heterocycles. The van der Waals surface area contributed by atoms with Crippen molar-refractivity contribution in [3.8, 4) is 0 Å². The van der Waals surface area contributed by atoms with Crippen LogP contribution in [0.4, 0.5) is 16.3 Å². The van der Waals surface area contributed by atoms with Crippen molar-refractivity contribution in [2.75, 3.05) is 23.3 Å². The summed E-state index contributed by atoms with van der Waals surface area (Å²) in [6.07, 6.45) is 1.99. The van der Waals surface area contributed by atoms with E-state index in [9.17, 15) is 9.59 Å². The van der Waals surface area contributed by atoms with E-state index in [0.29, 0.717) is 12.1 Å². The van der Waals surface area contributed by atoms with Crippen LogP contribution in [-0.4, -0.2) is 41.7 Å². The van der Waals surface area contributed by atoms with Gasteiger partial charge in [-0.3, -0.25) is 4.79 Å². The van der Waals surface area contributed by atoms with Gasteiger partial charge in [0.05, 0.1) is 11.6 Å². The predicted molar refractivity (Wildman–Crippen MR) is 126 cm³/mol. The quantitative estimate of drug-likeness (QED) is 0.584. The number of hydrogen-bond acceptors (Lipinski definition) is 5. The highest BCUT2D eigenvalue weighted by Crippen LogP contribution is 2.20. The van der Waals surface area contributed by atoms with Gasteiger partial charge in [0.1, 0.15) is 11.4 Å². The zero-order valence-corrected chi connectivity index (χ0v) is 19.8. The van der Waals surface area contributed by atoms with Crippen molar-refractivity contribution >= 4 is 46.1 Å². The molecule has 30 heavy (non-hydrogen) atoms. The van der Waals surface area contributed by atoms with Gasteiger partial charge in [0.15, 0.2) is 0 Å². The molecule has 1 aliphatic rings. The van der Waals surface area contributed by atoms with E-state index >= 15 is 0 Å². The van der Waals surface area contributed by atoms with E-state index in [1.54, 1.807) is 12.3 Å².